The molecule has 1 aromatic carbocycles. The molecule has 0 amide bonds. The Hall–Kier alpha value is -0.390. The highest BCUT2D eigenvalue weighted by molar-refractivity contribution is 9.10. The van der Waals surface area contributed by atoms with Crippen molar-refractivity contribution in [2.24, 2.45) is 11.3 Å². The standard InChI is InChI=1S/C14H20BrNO2S/c1-10(2)14(6-7-14)9-16-19(17,18)13-5-4-11(3)8-12(13)15/h4-5,8,10,16H,6-7,9H2,1-3H3. The largest absolute Gasteiger partial charge is 0.241 e. The van der Waals surface area contributed by atoms with E-state index in [0.717, 1.165) is 18.4 Å². The molecule has 1 aromatic rings. The van der Waals surface area contributed by atoms with Gasteiger partial charge in [-0.05, 0) is 64.7 Å². The molecule has 3 nitrogen and oxygen atoms in total. The van der Waals surface area contributed by atoms with Crippen molar-refractivity contribution in [2.45, 2.75) is 38.5 Å². The topological polar surface area (TPSA) is 46.2 Å². The van der Waals surface area contributed by atoms with Crippen LogP contribution in [-0.2, 0) is 10.0 Å². The maximum Gasteiger partial charge on any atom is 0.241 e. The number of hydrogen-bond donors (Lipinski definition) is 1. The van der Waals surface area contributed by atoms with Crippen molar-refractivity contribution in [3.63, 3.8) is 0 Å². The molecule has 0 atom stereocenters. The number of nitrogens with one attached hydrogen (secondary N) is 1. The minimum Gasteiger partial charge on any atom is -0.211 e. The molecule has 0 unspecified atom stereocenters. The van der Waals surface area contributed by atoms with Crippen LogP contribution in [-0.4, -0.2) is 15.0 Å². The molecule has 5 heteroatoms. The molecular formula is C14H20BrNO2S. The molecule has 0 spiro atoms. The van der Waals surface area contributed by atoms with Crippen LogP contribution in [0.25, 0.3) is 0 Å². The van der Waals surface area contributed by atoms with E-state index in [1.54, 1.807) is 6.07 Å². The molecule has 0 aromatic heterocycles. The molecule has 1 N–H and O–H groups in total. The van der Waals surface area contributed by atoms with Crippen LogP contribution in [0.5, 0.6) is 0 Å². The van der Waals surface area contributed by atoms with E-state index in [4.69, 9.17) is 0 Å². The van der Waals surface area contributed by atoms with Gasteiger partial charge in [-0.3, -0.25) is 0 Å². The molecule has 0 radical (unpaired) electrons. The van der Waals surface area contributed by atoms with Gasteiger partial charge < -0.3 is 0 Å². The molecule has 19 heavy (non-hydrogen) atoms. The summed E-state index contributed by atoms with van der Waals surface area (Å²) in [6.07, 6.45) is 2.23. The third kappa shape index (κ3) is 3.20. The Labute approximate surface area is 124 Å². The number of halogens is 1. The Morgan fingerprint density at radius 2 is 2.00 bits per heavy atom. The Bertz CT molecular complexity index is 577. The first-order valence-electron chi connectivity index (χ1n) is 6.53. The fourth-order valence-electron chi connectivity index (χ4n) is 2.26. The molecule has 1 fully saturated rings. The summed E-state index contributed by atoms with van der Waals surface area (Å²) in [4.78, 5) is 0.317. The van der Waals surface area contributed by atoms with E-state index in [1.165, 1.54) is 0 Å². The van der Waals surface area contributed by atoms with Crippen molar-refractivity contribution in [2.75, 3.05) is 6.54 Å². The summed E-state index contributed by atoms with van der Waals surface area (Å²) >= 11 is 3.33. The second kappa shape index (κ2) is 5.19. The Morgan fingerprint density at radius 3 is 2.47 bits per heavy atom. The highest BCUT2D eigenvalue weighted by Gasteiger charge is 2.45. The highest BCUT2D eigenvalue weighted by Crippen LogP contribution is 2.51. The summed E-state index contributed by atoms with van der Waals surface area (Å²) in [5, 5.41) is 0. The van der Waals surface area contributed by atoms with Gasteiger partial charge in [-0.2, -0.15) is 0 Å². The predicted molar refractivity (Wildman–Crippen MR) is 80.6 cm³/mol. The van der Waals surface area contributed by atoms with Crippen LogP contribution in [0.2, 0.25) is 0 Å². The summed E-state index contributed by atoms with van der Waals surface area (Å²) < 4.78 is 28.0. The number of aryl methyl sites for hydroxylation is 1. The van der Waals surface area contributed by atoms with Crippen molar-refractivity contribution in [3.05, 3.63) is 28.2 Å². The van der Waals surface area contributed by atoms with E-state index >= 15 is 0 Å². The minimum atomic E-state index is -3.43. The molecule has 2 rings (SSSR count). The zero-order valence-corrected chi connectivity index (χ0v) is 13.9. The lowest BCUT2D eigenvalue weighted by Gasteiger charge is -2.20. The zero-order chi connectivity index (χ0) is 14.3. The van der Waals surface area contributed by atoms with Crippen molar-refractivity contribution in [1.29, 1.82) is 0 Å². The van der Waals surface area contributed by atoms with E-state index in [-0.39, 0.29) is 5.41 Å². The monoisotopic (exact) mass is 345 g/mol. The average molecular weight is 346 g/mol. The zero-order valence-electron chi connectivity index (χ0n) is 11.5. The summed E-state index contributed by atoms with van der Waals surface area (Å²) in [5.41, 5.74) is 1.20. The minimum absolute atomic E-state index is 0.171. The number of sulfonamides is 1. The normalized spacial score (nSPS) is 17.7. The molecule has 1 aliphatic carbocycles. The second-order valence-electron chi connectivity index (χ2n) is 5.78. The molecule has 106 valence electrons. The maximum atomic E-state index is 12.3. The van der Waals surface area contributed by atoms with Gasteiger partial charge in [0.2, 0.25) is 10.0 Å². The summed E-state index contributed by atoms with van der Waals surface area (Å²) in [6.45, 7) is 6.78. The lowest BCUT2D eigenvalue weighted by molar-refractivity contribution is 0.357. The van der Waals surface area contributed by atoms with Gasteiger partial charge in [-0.25, -0.2) is 13.1 Å². The highest BCUT2D eigenvalue weighted by atomic mass is 79.9. The molecule has 0 heterocycles. The van der Waals surface area contributed by atoms with Gasteiger partial charge in [-0.1, -0.05) is 19.9 Å². The molecular weight excluding hydrogens is 326 g/mol. The van der Waals surface area contributed by atoms with E-state index in [1.807, 2.05) is 19.1 Å². The van der Waals surface area contributed by atoms with Gasteiger partial charge in [0.1, 0.15) is 0 Å². The van der Waals surface area contributed by atoms with Crippen molar-refractivity contribution in [3.8, 4) is 0 Å². The second-order valence-corrected chi connectivity index (χ2v) is 8.37. The summed E-state index contributed by atoms with van der Waals surface area (Å²) in [5.74, 6) is 0.511. The first-order chi connectivity index (χ1) is 8.77. The van der Waals surface area contributed by atoms with E-state index in [2.05, 4.69) is 34.5 Å². The molecule has 1 aliphatic rings. The number of hydrogen-bond acceptors (Lipinski definition) is 2. The van der Waals surface area contributed by atoms with Crippen LogP contribution in [0.3, 0.4) is 0 Å². The predicted octanol–water partition coefficient (Wildman–Crippen LogP) is 3.47. The fourth-order valence-corrected chi connectivity index (χ4v) is 4.59. The van der Waals surface area contributed by atoms with E-state index in [0.29, 0.717) is 21.8 Å². The third-order valence-electron chi connectivity index (χ3n) is 4.11. The Kier molecular flexibility index (Phi) is 4.10. The maximum absolute atomic E-state index is 12.3. The quantitative estimate of drug-likeness (QED) is 0.887. The van der Waals surface area contributed by atoms with Gasteiger partial charge in [0.15, 0.2) is 0 Å². The lowest BCUT2D eigenvalue weighted by atomic mass is 9.93. The first kappa shape index (κ1) is 15.0. The van der Waals surface area contributed by atoms with Crippen LogP contribution in [0.15, 0.2) is 27.6 Å². The third-order valence-corrected chi connectivity index (χ3v) is 6.49. The first-order valence-corrected chi connectivity index (χ1v) is 8.80. The van der Waals surface area contributed by atoms with Gasteiger partial charge in [0, 0.05) is 11.0 Å². The number of rotatable bonds is 5. The van der Waals surface area contributed by atoms with Crippen LogP contribution >= 0.6 is 15.9 Å². The van der Waals surface area contributed by atoms with Crippen LogP contribution < -0.4 is 4.72 Å². The molecule has 0 saturated heterocycles. The van der Waals surface area contributed by atoms with Gasteiger partial charge >= 0.3 is 0 Å². The van der Waals surface area contributed by atoms with Crippen LogP contribution in [0.4, 0.5) is 0 Å². The summed E-state index contributed by atoms with van der Waals surface area (Å²) in [6, 6.07) is 5.29. The molecule has 1 saturated carbocycles. The number of benzene rings is 1. The van der Waals surface area contributed by atoms with Gasteiger partial charge in [-0.15, -0.1) is 0 Å². The Balaban J connectivity index is 2.15. The van der Waals surface area contributed by atoms with E-state index < -0.39 is 10.0 Å². The average Bonchev–Trinajstić information content (AvgIpc) is 3.07. The van der Waals surface area contributed by atoms with Crippen LogP contribution in [0, 0.1) is 18.3 Å². The van der Waals surface area contributed by atoms with Gasteiger partial charge in [0.25, 0.3) is 0 Å². The smallest absolute Gasteiger partial charge is 0.211 e. The van der Waals surface area contributed by atoms with E-state index in [9.17, 15) is 8.42 Å². The van der Waals surface area contributed by atoms with Gasteiger partial charge in [0.05, 0.1) is 4.90 Å². The SMILES string of the molecule is Cc1ccc(S(=O)(=O)NCC2(C(C)C)CC2)c(Br)c1. The van der Waals surface area contributed by atoms with Crippen LogP contribution in [0.1, 0.15) is 32.3 Å². The van der Waals surface area contributed by atoms with Crippen molar-refractivity contribution in [1.82, 2.24) is 4.72 Å². The van der Waals surface area contributed by atoms with Crippen molar-refractivity contribution < 1.29 is 8.42 Å². The molecule has 0 aliphatic heterocycles. The van der Waals surface area contributed by atoms with Crippen molar-refractivity contribution >= 4 is 26.0 Å². The lowest BCUT2D eigenvalue weighted by Crippen LogP contribution is -2.32. The fraction of sp³-hybridized carbons (Fsp3) is 0.571. The summed E-state index contributed by atoms with van der Waals surface area (Å²) in [7, 11) is -3.43. The molecule has 0 bridgehead atoms. The Morgan fingerprint density at radius 1 is 1.37 bits per heavy atom.